The molecule has 1 saturated carbocycles. The molecule has 1 aliphatic rings. The second kappa shape index (κ2) is 7.98. The molecule has 1 amide bonds. The lowest BCUT2D eigenvalue weighted by Crippen LogP contribution is -2.47. The highest BCUT2D eigenvalue weighted by Gasteiger charge is 2.37. The first kappa shape index (κ1) is 18.5. The van der Waals surface area contributed by atoms with Gasteiger partial charge >= 0.3 is 0 Å². The fourth-order valence-corrected chi connectivity index (χ4v) is 3.57. The number of methoxy groups -OCH3 is 1. The fraction of sp³-hybridized carbons (Fsp3) is 0.350. The van der Waals surface area contributed by atoms with Crippen LogP contribution in [0.25, 0.3) is 0 Å². The minimum Gasteiger partial charge on any atom is -0.493 e. The third kappa shape index (κ3) is 3.94. The summed E-state index contributed by atoms with van der Waals surface area (Å²) >= 11 is 6.33. The number of ether oxygens (including phenoxy) is 2. The van der Waals surface area contributed by atoms with Gasteiger partial charge in [0.05, 0.1) is 12.1 Å². The number of nitrogens with two attached hydrogens (primary N) is 1. The molecule has 1 fully saturated rings. The van der Waals surface area contributed by atoms with Crippen molar-refractivity contribution in [2.45, 2.75) is 31.3 Å². The number of halogens is 1. The van der Waals surface area contributed by atoms with Crippen LogP contribution in [0.4, 0.5) is 0 Å². The Morgan fingerprint density at radius 2 is 2.00 bits per heavy atom. The van der Waals surface area contributed by atoms with Gasteiger partial charge in [-0.1, -0.05) is 41.9 Å². The van der Waals surface area contributed by atoms with Crippen molar-refractivity contribution >= 4 is 17.5 Å². The SMILES string of the molecule is COc1cc(CNC2(c3ccccc3)CCC2)cc(Cl)c1OCC(N)=O. The monoisotopic (exact) mass is 374 g/mol. The van der Waals surface area contributed by atoms with E-state index >= 15 is 0 Å². The first-order valence-electron chi connectivity index (χ1n) is 8.62. The zero-order valence-electron chi connectivity index (χ0n) is 14.8. The molecule has 3 N–H and O–H groups in total. The van der Waals surface area contributed by atoms with Crippen LogP contribution in [-0.4, -0.2) is 19.6 Å². The van der Waals surface area contributed by atoms with Gasteiger partial charge in [-0.15, -0.1) is 0 Å². The molecule has 0 saturated heterocycles. The van der Waals surface area contributed by atoms with Crippen LogP contribution < -0.4 is 20.5 Å². The number of benzene rings is 2. The van der Waals surface area contributed by atoms with E-state index in [0.717, 1.165) is 18.4 Å². The van der Waals surface area contributed by atoms with Crippen molar-refractivity contribution in [2.75, 3.05) is 13.7 Å². The minimum atomic E-state index is -0.566. The Morgan fingerprint density at radius 1 is 1.27 bits per heavy atom. The summed E-state index contributed by atoms with van der Waals surface area (Å²) in [6.45, 7) is 0.409. The average Bonchev–Trinajstić information content (AvgIpc) is 2.60. The van der Waals surface area contributed by atoms with Crippen LogP contribution in [0, 0.1) is 0 Å². The maximum Gasteiger partial charge on any atom is 0.255 e. The Labute approximate surface area is 158 Å². The molecular weight excluding hydrogens is 352 g/mol. The summed E-state index contributed by atoms with van der Waals surface area (Å²) in [7, 11) is 1.54. The maximum absolute atomic E-state index is 10.9. The van der Waals surface area contributed by atoms with Gasteiger partial charge in [0.1, 0.15) is 0 Å². The van der Waals surface area contributed by atoms with Crippen LogP contribution in [0.15, 0.2) is 42.5 Å². The maximum atomic E-state index is 10.9. The molecule has 5 nitrogen and oxygen atoms in total. The zero-order chi connectivity index (χ0) is 18.6. The standard InChI is InChI=1S/C20H23ClN2O3/c1-25-17-11-14(10-16(21)19(17)26-13-18(22)24)12-23-20(8-5-9-20)15-6-3-2-4-7-15/h2-4,6-7,10-11,23H,5,8-9,12-13H2,1H3,(H2,22,24). The Kier molecular flexibility index (Phi) is 5.69. The van der Waals surface area contributed by atoms with Gasteiger partial charge in [0.25, 0.3) is 5.91 Å². The predicted molar refractivity (Wildman–Crippen MR) is 102 cm³/mol. The third-order valence-electron chi connectivity index (χ3n) is 4.81. The lowest BCUT2D eigenvalue weighted by Gasteiger charge is -2.43. The van der Waals surface area contributed by atoms with Crippen molar-refractivity contribution < 1.29 is 14.3 Å². The van der Waals surface area contributed by atoms with Gasteiger partial charge in [-0.05, 0) is 42.5 Å². The van der Waals surface area contributed by atoms with Crippen LogP contribution in [0.3, 0.4) is 0 Å². The van der Waals surface area contributed by atoms with Gasteiger partial charge < -0.3 is 20.5 Å². The predicted octanol–water partition coefficient (Wildman–Crippen LogP) is 3.38. The summed E-state index contributed by atoms with van der Waals surface area (Å²) in [5.74, 6) is 0.250. The molecule has 1 aliphatic carbocycles. The summed E-state index contributed by atoms with van der Waals surface area (Å²) in [5, 5.41) is 4.08. The van der Waals surface area contributed by atoms with Crippen molar-refractivity contribution in [1.82, 2.24) is 5.32 Å². The van der Waals surface area contributed by atoms with Gasteiger partial charge in [0, 0.05) is 12.1 Å². The van der Waals surface area contributed by atoms with E-state index in [1.807, 2.05) is 18.2 Å². The minimum absolute atomic E-state index is 0.0160. The molecule has 0 spiro atoms. The van der Waals surface area contributed by atoms with E-state index in [-0.39, 0.29) is 12.1 Å². The van der Waals surface area contributed by atoms with Gasteiger partial charge in [-0.3, -0.25) is 4.79 Å². The quantitative estimate of drug-likeness (QED) is 0.742. The Morgan fingerprint density at radius 3 is 2.58 bits per heavy atom. The summed E-state index contributed by atoms with van der Waals surface area (Å²) < 4.78 is 10.7. The molecule has 2 aromatic rings. The van der Waals surface area contributed by atoms with Gasteiger partial charge in [0.2, 0.25) is 0 Å². The number of nitrogens with one attached hydrogen (secondary N) is 1. The van der Waals surface area contributed by atoms with E-state index in [9.17, 15) is 4.79 Å². The first-order valence-corrected chi connectivity index (χ1v) is 9.00. The number of amides is 1. The summed E-state index contributed by atoms with van der Waals surface area (Å²) in [6, 6.07) is 14.2. The van der Waals surface area contributed by atoms with Crippen molar-refractivity contribution in [3.05, 3.63) is 58.6 Å². The molecule has 2 aromatic carbocycles. The Balaban J connectivity index is 1.75. The number of rotatable bonds is 8. The molecule has 0 aliphatic heterocycles. The molecule has 3 rings (SSSR count). The first-order chi connectivity index (χ1) is 12.5. The van der Waals surface area contributed by atoms with E-state index in [2.05, 4.69) is 29.6 Å². The highest BCUT2D eigenvalue weighted by atomic mass is 35.5. The molecule has 138 valence electrons. The molecule has 0 radical (unpaired) electrons. The lowest BCUT2D eigenvalue weighted by molar-refractivity contribution is -0.119. The Bertz CT molecular complexity index is 776. The normalized spacial score (nSPS) is 15.2. The topological polar surface area (TPSA) is 73.6 Å². The van der Waals surface area contributed by atoms with Gasteiger partial charge in [0.15, 0.2) is 18.1 Å². The van der Waals surface area contributed by atoms with Crippen molar-refractivity contribution in [3.8, 4) is 11.5 Å². The molecule has 0 unspecified atom stereocenters. The van der Waals surface area contributed by atoms with E-state index in [1.54, 1.807) is 0 Å². The zero-order valence-corrected chi connectivity index (χ0v) is 15.5. The van der Waals surface area contributed by atoms with Crippen molar-refractivity contribution in [1.29, 1.82) is 0 Å². The summed E-state index contributed by atoms with van der Waals surface area (Å²) in [5.41, 5.74) is 7.44. The lowest BCUT2D eigenvalue weighted by atomic mass is 9.71. The highest BCUT2D eigenvalue weighted by Crippen LogP contribution is 2.42. The molecule has 0 bridgehead atoms. The number of hydrogen-bond donors (Lipinski definition) is 2. The highest BCUT2D eigenvalue weighted by molar-refractivity contribution is 6.32. The van der Waals surface area contributed by atoms with E-state index < -0.39 is 5.91 Å². The molecule has 26 heavy (non-hydrogen) atoms. The fourth-order valence-electron chi connectivity index (χ4n) is 3.28. The van der Waals surface area contributed by atoms with Crippen LogP contribution >= 0.6 is 11.6 Å². The van der Waals surface area contributed by atoms with Crippen LogP contribution in [0.1, 0.15) is 30.4 Å². The number of primary amides is 1. The van der Waals surface area contributed by atoms with E-state index in [4.69, 9.17) is 26.8 Å². The second-order valence-electron chi connectivity index (χ2n) is 6.52. The van der Waals surface area contributed by atoms with Gasteiger partial charge in [-0.2, -0.15) is 0 Å². The van der Waals surface area contributed by atoms with Crippen molar-refractivity contribution in [3.63, 3.8) is 0 Å². The molecule has 0 aromatic heterocycles. The number of carbonyl (C=O) groups is 1. The summed E-state index contributed by atoms with van der Waals surface area (Å²) in [6.07, 6.45) is 3.44. The van der Waals surface area contributed by atoms with Crippen LogP contribution in [-0.2, 0) is 16.9 Å². The van der Waals surface area contributed by atoms with E-state index in [1.165, 1.54) is 19.1 Å². The second-order valence-corrected chi connectivity index (χ2v) is 6.93. The van der Waals surface area contributed by atoms with E-state index in [0.29, 0.717) is 23.1 Å². The molecule has 0 heterocycles. The third-order valence-corrected chi connectivity index (χ3v) is 5.09. The van der Waals surface area contributed by atoms with Crippen LogP contribution in [0.5, 0.6) is 11.5 Å². The van der Waals surface area contributed by atoms with Gasteiger partial charge in [-0.25, -0.2) is 0 Å². The Hall–Kier alpha value is -2.24. The number of hydrogen-bond acceptors (Lipinski definition) is 4. The average molecular weight is 375 g/mol. The molecule has 0 atom stereocenters. The van der Waals surface area contributed by atoms with Crippen molar-refractivity contribution in [2.24, 2.45) is 5.73 Å². The van der Waals surface area contributed by atoms with Crippen LogP contribution in [0.2, 0.25) is 5.02 Å². The molecular formula is C20H23ClN2O3. The largest absolute Gasteiger partial charge is 0.493 e. The number of carbonyl (C=O) groups excluding carboxylic acids is 1. The summed E-state index contributed by atoms with van der Waals surface area (Å²) in [4.78, 5) is 10.9. The smallest absolute Gasteiger partial charge is 0.255 e. The molecule has 6 heteroatoms.